The number of aryl methyl sites for hydroxylation is 1. The monoisotopic (exact) mass is 443 g/mol. The lowest BCUT2D eigenvalue weighted by atomic mass is 9.96. The molecule has 0 unspecified atom stereocenters. The molecule has 0 radical (unpaired) electrons. The first-order valence-corrected chi connectivity index (χ1v) is 11.7. The number of sulfonamides is 1. The Balaban J connectivity index is 1.52. The van der Waals surface area contributed by atoms with Crippen LogP contribution in [0.5, 0.6) is 0 Å². The molecule has 0 fully saturated rings. The molecule has 0 saturated heterocycles. The summed E-state index contributed by atoms with van der Waals surface area (Å²) in [4.78, 5) is 24.7. The normalized spacial score (nSPS) is 13.8. The second-order valence-electron chi connectivity index (χ2n) is 7.13. The molecule has 4 rings (SSSR count). The van der Waals surface area contributed by atoms with Gasteiger partial charge in [-0.1, -0.05) is 29.5 Å². The second-order valence-corrected chi connectivity index (χ2v) is 9.86. The Bertz CT molecular complexity index is 1210. The molecule has 0 bridgehead atoms. The van der Waals surface area contributed by atoms with Crippen LogP contribution in [0.1, 0.15) is 16.8 Å². The minimum atomic E-state index is -3.86. The summed E-state index contributed by atoms with van der Waals surface area (Å²) in [5.74, 6) is 0. The summed E-state index contributed by atoms with van der Waals surface area (Å²) in [5, 5.41) is 5.53. The number of thiazole rings is 1. The number of rotatable bonds is 3. The van der Waals surface area contributed by atoms with Crippen LogP contribution in [0.3, 0.4) is 0 Å². The van der Waals surface area contributed by atoms with E-state index in [2.05, 4.69) is 16.0 Å². The average molecular weight is 444 g/mol. The lowest BCUT2D eigenvalue weighted by Crippen LogP contribution is -2.43. The quantitative estimate of drug-likeness (QED) is 0.669. The molecule has 156 valence electrons. The zero-order chi connectivity index (χ0) is 21.5. The van der Waals surface area contributed by atoms with Crippen molar-refractivity contribution in [2.45, 2.75) is 24.1 Å². The summed E-state index contributed by atoms with van der Waals surface area (Å²) in [7, 11) is -2.27. The molecule has 2 aromatic heterocycles. The lowest BCUT2D eigenvalue weighted by Gasteiger charge is -2.31. The molecule has 1 aliphatic heterocycles. The molecule has 0 atom stereocenters. The van der Waals surface area contributed by atoms with E-state index in [0.717, 1.165) is 34.6 Å². The van der Waals surface area contributed by atoms with Crippen molar-refractivity contribution in [1.29, 1.82) is 0 Å². The Morgan fingerprint density at radius 3 is 2.70 bits per heavy atom. The Hall–Kier alpha value is -2.82. The van der Waals surface area contributed by atoms with Gasteiger partial charge in [0.05, 0.1) is 11.4 Å². The van der Waals surface area contributed by atoms with Crippen molar-refractivity contribution in [3.05, 3.63) is 59.4 Å². The van der Waals surface area contributed by atoms with Gasteiger partial charge in [-0.3, -0.25) is 9.88 Å². The van der Waals surface area contributed by atoms with Gasteiger partial charge in [0.15, 0.2) is 9.34 Å². The highest BCUT2D eigenvalue weighted by atomic mass is 32.2. The number of urea groups is 1. The highest BCUT2D eigenvalue weighted by Gasteiger charge is 2.27. The number of hydrogen-bond donors (Lipinski definition) is 1. The third-order valence-electron chi connectivity index (χ3n) is 5.02. The Morgan fingerprint density at radius 1 is 1.23 bits per heavy atom. The van der Waals surface area contributed by atoms with E-state index in [4.69, 9.17) is 5.14 Å². The third kappa shape index (κ3) is 3.93. The molecule has 3 aromatic rings. The van der Waals surface area contributed by atoms with E-state index in [0.29, 0.717) is 23.9 Å². The first-order chi connectivity index (χ1) is 14.2. The Kier molecular flexibility index (Phi) is 5.31. The Labute approximate surface area is 179 Å². The maximum Gasteiger partial charge on any atom is 0.326 e. The van der Waals surface area contributed by atoms with Gasteiger partial charge in [0.2, 0.25) is 10.0 Å². The molecule has 0 aliphatic carbocycles. The number of pyridine rings is 1. The van der Waals surface area contributed by atoms with E-state index in [-0.39, 0.29) is 10.2 Å². The van der Waals surface area contributed by atoms with Crippen LogP contribution in [0.4, 0.5) is 9.93 Å². The molecule has 2 N–H and O–H groups in total. The number of amides is 2. The van der Waals surface area contributed by atoms with Gasteiger partial charge in [-0.05, 0) is 42.7 Å². The molecule has 3 heterocycles. The van der Waals surface area contributed by atoms with Crippen LogP contribution in [0.2, 0.25) is 0 Å². The van der Waals surface area contributed by atoms with Gasteiger partial charge in [-0.25, -0.2) is 23.3 Å². The van der Waals surface area contributed by atoms with E-state index in [1.165, 1.54) is 10.5 Å². The number of nitrogens with two attached hydrogens (primary N) is 1. The molecule has 2 amide bonds. The van der Waals surface area contributed by atoms with Crippen LogP contribution < -0.4 is 10.0 Å². The fraction of sp³-hybridized carbons (Fsp3) is 0.250. The van der Waals surface area contributed by atoms with E-state index in [1.54, 1.807) is 25.1 Å². The van der Waals surface area contributed by atoms with Crippen molar-refractivity contribution in [3.63, 3.8) is 0 Å². The van der Waals surface area contributed by atoms with Crippen LogP contribution in [-0.2, 0) is 23.0 Å². The maximum absolute atomic E-state index is 13.0. The van der Waals surface area contributed by atoms with Gasteiger partial charge in [0.1, 0.15) is 0 Å². The van der Waals surface area contributed by atoms with Crippen molar-refractivity contribution in [3.8, 4) is 11.3 Å². The van der Waals surface area contributed by atoms with E-state index < -0.39 is 10.0 Å². The van der Waals surface area contributed by atoms with Crippen molar-refractivity contribution in [2.75, 3.05) is 18.5 Å². The van der Waals surface area contributed by atoms with Crippen molar-refractivity contribution < 1.29 is 13.2 Å². The molecule has 8 nitrogen and oxygen atoms in total. The first-order valence-electron chi connectivity index (χ1n) is 9.30. The maximum atomic E-state index is 13.0. The number of carbonyl (C=O) groups excluding carboxylic acids is 1. The minimum absolute atomic E-state index is 0.0248. The van der Waals surface area contributed by atoms with Crippen molar-refractivity contribution in [2.24, 2.45) is 5.14 Å². The summed E-state index contributed by atoms with van der Waals surface area (Å²) in [6, 6.07) is 11.8. The van der Waals surface area contributed by atoms with E-state index >= 15 is 0 Å². The third-order valence-corrected chi connectivity index (χ3v) is 7.81. The predicted octanol–water partition coefficient (Wildman–Crippen LogP) is 2.78. The van der Waals surface area contributed by atoms with Crippen LogP contribution in [-0.4, -0.2) is 42.9 Å². The van der Waals surface area contributed by atoms with Crippen LogP contribution in [0.15, 0.2) is 46.8 Å². The topological polar surface area (TPSA) is 109 Å². The zero-order valence-corrected chi connectivity index (χ0v) is 18.2. The molecule has 0 spiro atoms. The van der Waals surface area contributed by atoms with Gasteiger partial charge in [-0.2, -0.15) is 0 Å². The molecule has 0 saturated carbocycles. The van der Waals surface area contributed by atoms with Crippen LogP contribution in [0, 0.1) is 6.92 Å². The highest BCUT2D eigenvalue weighted by molar-refractivity contribution is 7.91. The average Bonchev–Trinajstić information content (AvgIpc) is 3.14. The zero-order valence-electron chi connectivity index (χ0n) is 16.6. The number of fused-ring (bicyclic) bond motifs is 1. The first kappa shape index (κ1) is 20.5. The lowest BCUT2D eigenvalue weighted by molar-refractivity contribution is 0.200. The number of aromatic nitrogens is 2. The largest absolute Gasteiger partial charge is 0.326 e. The van der Waals surface area contributed by atoms with Crippen LogP contribution in [0.25, 0.3) is 11.3 Å². The number of benzene rings is 1. The fourth-order valence-corrected chi connectivity index (χ4v) is 5.38. The molecule has 1 aromatic carbocycles. The number of anilines is 1. The van der Waals surface area contributed by atoms with Crippen LogP contribution >= 0.6 is 11.3 Å². The highest BCUT2D eigenvalue weighted by Crippen LogP contribution is 2.30. The summed E-state index contributed by atoms with van der Waals surface area (Å²) in [6.45, 7) is 2.61. The van der Waals surface area contributed by atoms with Gasteiger partial charge in [0.25, 0.3) is 0 Å². The van der Waals surface area contributed by atoms with E-state index in [9.17, 15) is 13.2 Å². The van der Waals surface area contributed by atoms with Gasteiger partial charge >= 0.3 is 6.03 Å². The molecular formula is C20H21N5O3S2. The molecule has 10 heteroatoms. The van der Waals surface area contributed by atoms with Crippen molar-refractivity contribution >= 4 is 32.5 Å². The summed E-state index contributed by atoms with van der Waals surface area (Å²) in [5.41, 5.74) is 4.56. The molecule has 1 aliphatic rings. The fourth-order valence-electron chi connectivity index (χ4n) is 3.48. The Morgan fingerprint density at radius 2 is 2.03 bits per heavy atom. The van der Waals surface area contributed by atoms with Gasteiger partial charge in [0, 0.05) is 31.9 Å². The summed E-state index contributed by atoms with van der Waals surface area (Å²) < 4.78 is 23.3. The van der Waals surface area contributed by atoms with Crippen molar-refractivity contribution in [1.82, 2.24) is 14.9 Å². The predicted molar refractivity (Wildman–Crippen MR) is 116 cm³/mol. The van der Waals surface area contributed by atoms with E-state index in [1.807, 2.05) is 30.3 Å². The smallest absolute Gasteiger partial charge is 0.320 e. The number of nitrogens with zero attached hydrogens (tertiary/aromatic N) is 4. The molecular weight excluding hydrogens is 422 g/mol. The van der Waals surface area contributed by atoms with Gasteiger partial charge < -0.3 is 4.90 Å². The second kappa shape index (κ2) is 7.78. The number of carbonyl (C=O) groups is 1. The SMILES string of the molecule is Cc1nc(N(C)C(=O)N2CCc3cc(-c4ccccn4)ccc3C2)sc1S(N)(=O)=O. The summed E-state index contributed by atoms with van der Waals surface area (Å²) in [6.07, 6.45) is 2.50. The van der Waals surface area contributed by atoms with Gasteiger partial charge in [-0.15, -0.1) is 0 Å². The number of primary sulfonamides is 1. The minimum Gasteiger partial charge on any atom is -0.320 e. The summed E-state index contributed by atoms with van der Waals surface area (Å²) >= 11 is 0.899. The molecule has 30 heavy (non-hydrogen) atoms. The standard InChI is InChI=1S/C20H21N5O3S2/c1-13-18(30(21,27)28)29-19(23-13)24(2)20(26)25-10-8-14-11-15(6-7-16(14)12-25)17-5-3-4-9-22-17/h3-7,9,11H,8,10,12H2,1-2H3,(H2,21,27,28). The number of hydrogen-bond acceptors (Lipinski definition) is 6.